The molecule has 1 atom stereocenters. The standard InChI is InChI=1S/C18H27NO2/c1-4-14-5-7-15(8-6-14)16(20)13-19-12-11-18(2,3)10-9-17(19)21/h5-8,16,20H,4,9-13H2,1-3H3. The maximum atomic E-state index is 12.2. The van der Waals surface area contributed by atoms with Crippen molar-refractivity contribution in [2.24, 2.45) is 5.41 Å². The average Bonchev–Trinajstić information content (AvgIpc) is 2.60. The van der Waals surface area contributed by atoms with Gasteiger partial charge in [0, 0.05) is 13.0 Å². The average molecular weight is 289 g/mol. The Morgan fingerprint density at radius 1 is 1.24 bits per heavy atom. The number of aliphatic hydroxyl groups is 1. The van der Waals surface area contributed by atoms with Gasteiger partial charge in [0.1, 0.15) is 0 Å². The fourth-order valence-corrected chi connectivity index (χ4v) is 2.77. The second-order valence-corrected chi connectivity index (χ2v) is 6.86. The maximum Gasteiger partial charge on any atom is 0.222 e. The van der Waals surface area contributed by atoms with Crippen molar-refractivity contribution >= 4 is 5.91 Å². The van der Waals surface area contributed by atoms with Gasteiger partial charge in [-0.2, -0.15) is 0 Å². The Bertz CT molecular complexity index is 478. The van der Waals surface area contributed by atoms with E-state index in [1.807, 2.05) is 29.2 Å². The van der Waals surface area contributed by atoms with Gasteiger partial charge in [-0.25, -0.2) is 0 Å². The molecule has 1 aliphatic rings. The summed E-state index contributed by atoms with van der Waals surface area (Å²) in [6, 6.07) is 8.03. The summed E-state index contributed by atoms with van der Waals surface area (Å²) >= 11 is 0. The van der Waals surface area contributed by atoms with E-state index in [0.717, 1.165) is 31.4 Å². The van der Waals surface area contributed by atoms with Crippen molar-refractivity contribution in [3.63, 3.8) is 0 Å². The number of benzene rings is 1. The molecule has 0 aliphatic carbocycles. The minimum Gasteiger partial charge on any atom is -0.387 e. The Labute approximate surface area is 128 Å². The predicted octanol–water partition coefficient (Wildman–Crippen LogP) is 3.32. The van der Waals surface area contributed by atoms with Crippen LogP contribution in [-0.2, 0) is 11.2 Å². The van der Waals surface area contributed by atoms with Gasteiger partial charge in [0.05, 0.1) is 12.6 Å². The molecule has 1 amide bonds. The first-order chi connectivity index (χ1) is 9.91. The summed E-state index contributed by atoms with van der Waals surface area (Å²) in [4.78, 5) is 14.0. The Balaban J connectivity index is 2.00. The van der Waals surface area contributed by atoms with Crippen molar-refractivity contribution in [1.82, 2.24) is 4.90 Å². The summed E-state index contributed by atoms with van der Waals surface area (Å²) in [7, 11) is 0. The van der Waals surface area contributed by atoms with Crippen molar-refractivity contribution in [3.05, 3.63) is 35.4 Å². The SMILES string of the molecule is CCc1ccc(C(O)CN2CCC(C)(C)CCC2=O)cc1. The third-order valence-corrected chi connectivity index (χ3v) is 4.59. The summed E-state index contributed by atoms with van der Waals surface area (Å²) in [6.45, 7) is 7.69. The van der Waals surface area contributed by atoms with Gasteiger partial charge < -0.3 is 10.0 Å². The van der Waals surface area contributed by atoms with Gasteiger partial charge >= 0.3 is 0 Å². The molecule has 2 rings (SSSR count). The van der Waals surface area contributed by atoms with E-state index >= 15 is 0 Å². The molecule has 1 unspecified atom stereocenters. The normalized spacial score (nSPS) is 20.2. The zero-order valence-electron chi connectivity index (χ0n) is 13.4. The quantitative estimate of drug-likeness (QED) is 0.923. The number of nitrogens with zero attached hydrogens (tertiary/aromatic N) is 1. The van der Waals surface area contributed by atoms with Crippen molar-refractivity contribution in [3.8, 4) is 0 Å². The van der Waals surface area contributed by atoms with Crippen molar-refractivity contribution in [2.45, 2.75) is 52.6 Å². The molecule has 3 heteroatoms. The molecule has 0 saturated carbocycles. The first-order valence-corrected chi connectivity index (χ1v) is 7.96. The van der Waals surface area contributed by atoms with Gasteiger partial charge in [0.2, 0.25) is 5.91 Å². The molecule has 1 N–H and O–H groups in total. The molecule has 1 aliphatic heterocycles. The second kappa shape index (κ2) is 6.61. The van der Waals surface area contributed by atoms with Gasteiger partial charge in [-0.05, 0) is 35.8 Å². The smallest absolute Gasteiger partial charge is 0.222 e. The van der Waals surface area contributed by atoms with Crippen LogP contribution in [0.4, 0.5) is 0 Å². The van der Waals surface area contributed by atoms with E-state index in [9.17, 15) is 9.90 Å². The number of likely N-dealkylation sites (tertiary alicyclic amines) is 1. The third-order valence-electron chi connectivity index (χ3n) is 4.59. The van der Waals surface area contributed by atoms with Crippen LogP contribution in [0, 0.1) is 5.41 Å². The number of aryl methyl sites for hydroxylation is 1. The molecule has 1 fully saturated rings. The number of carbonyl (C=O) groups is 1. The van der Waals surface area contributed by atoms with Crippen LogP contribution in [0.5, 0.6) is 0 Å². The zero-order chi connectivity index (χ0) is 15.5. The van der Waals surface area contributed by atoms with Crippen molar-refractivity contribution in [2.75, 3.05) is 13.1 Å². The fourth-order valence-electron chi connectivity index (χ4n) is 2.77. The highest BCUT2D eigenvalue weighted by Gasteiger charge is 2.28. The van der Waals surface area contributed by atoms with E-state index in [2.05, 4.69) is 20.8 Å². The van der Waals surface area contributed by atoms with E-state index in [0.29, 0.717) is 13.0 Å². The van der Waals surface area contributed by atoms with Gasteiger partial charge in [-0.3, -0.25) is 4.79 Å². The minimum atomic E-state index is -0.596. The van der Waals surface area contributed by atoms with E-state index in [-0.39, 0.29) is 11.3 Å². The Hall–Kier alpha value is -1.35. The number of amides is 1. The van der Waals surface area contributed by atoms with Gasteiger partial charge in [-0.1, -0.05) is 45.0 Å². The molecule has 0 bridgehead atoms. The highest BCUT2D eigenvalue weighted by Crippen LogP contribution is 2.31. The molecule has 1 aromatic carbocycles. The van der Waals surface area contributed by atoms with Crippen LogP contribution in [-0.4, -0.2) is 29.0 Å². The lowest BCUT2D eigenvalue weighted by Crippen LogP contribution is -2.34. The molecule has 0 radical (unpaired) electrons. The molecule has 0 aromatic heterocycles. The highest BCUT2D eigenvalue weighted by atomic mass is 16.3. The highest BCUT2D eigenvalue weighted by molar-refractivity contribution is 5.76. The van der Waals surface area contributed by atoms with Crippen molar-refractivity contribution < 1.29 is 9.90 Å². The summed E-state index contributed by atoms with van der Waals surface area (Å²) in [5.41, 5.74) is 2.38. The fraction of sp³-hybridized carbons (Fsp3) is 0.611. The number of β-amino-alcohol motifs (C(OH)–C–C–N with tert-alkyl or cyclic N) is 1. The van der Waals surface area contributed by atoms with Crippen LogP contribution in [0.15, 0.2) is 24.3 Å². The number of aliphatic hydroxyl groups excluding tert-OH is 1. The second-order valence-electron chi connectivity index (χ2n) is 6.86. The largest absolute Gasteiger partial charge is 0.387 e. The lowest BCUT2D eigenvalue weighted by atomic mass is 9.85. The third kappa shape index (κ3) is 4.31. The molecule has 116 valence electrons. The maximum absolute atomic E-state index is 12.2. The van der Waals surface area contributed by atoms with Crippen molar-refractivity contribution in [1.29, 1.82) is 0 Å². The van der Waals surface area contributed by atoms with E-state index in [1.165, 1.54) is 5.56 Å². The lowest BCUT2D eigenvalue weighted by molar-refractivity contribution is -0.132. The topological polar surface area (TPSA) is 40.5 Å². The van der Waals surface area contributed by atoms with E-state index in [4.69, 9.17) is 0 Å². The van der Waals surface area contributed by atoms with Gasteiger partial charge in [0.15, 0.2) is 0 Å². The minimum absolute atomic E-state index is 0.171. The van der Waals surface area contributed by atoms with Crippen LogP contribution < -0.4 is 0 Å². The predicted molar refractivity (Wildman–Crippen MR) is 85.0 cm³/mol. The molecular weight excluding hydrogens is 262 g/mol. The Kier molecular flexibility index (Phi) is 5.04. The number of hydrogen-bond acceptors (Lipinski definition) is 2. The van der Waals surface area contributed by atoms with E-state index < -0.39 is 6.10 Å². The number of rotatable bonds is 4. The molecule has 21 heavy (non-hydrogen) atoms. The molecule has 0 spiro atoms. The molecule has 1 heterocycles. The van der Waals surface area contributed by atoms with Gasteiger partial charge in [0.25, 0.3) is 0 Å². The monoisotopic (exact) mass is 289 g/mol. The molecular formula is C18H27NO2. The van der Waals surface area contributed by atoms with Crippen LogP contribution in [0.1, 0.15) is 57.3 Å². The van der Waals surface area contributed by atoms with Crippen LogP contribution in [0.3, 0.4) is 0 Å². The van der Waals surface area contributed by atoms with E-state index in [1.54, 1.807) is 0 Å². The zero-order valence-corrected chi connectivity index (χ0v) is 13.4. The Morgan fingerprint density at radius 2 is 1.90 bits per heavy atom. The lowest BCUT2D eigenvalue weighted by Gasteiger charge is -2.25. The van der Waals surface area contributed by atoms with Crippen LogP contribution in [0.25, 0.3) is 0 Å². The van der Waals surface area contributed by atoms with Gasteiger partial charge in [-0.15, -0.1) is 0 Å². The molecule has 1 saturated heterocycles. The summed E-state index contributed by atoms with van der Waals surface area (Å²) in [5, 5.41) is 10.4. The summed E-state index contributed by atoms with van der Waals surface area (Å²) in [5.74, 6) is 0.171. The van der Waals surface area contributed by atoms with Crippen LogP contribution >= 0.6 is 0 Å². The number of hydrogen-bond donors (Lipinski definition) is 1. The Morgan fingerprint density at radius 3 is 2.52 bits per heavy atom. The molecule has 3 nitrogen and oxygen atoms in total. The first-order valence-electron chi connectivity index (χ1n) is 7.96. The summed E-state index contributed by atoms with van der Waals surface area (Å²) < 4.78 is 0. The summed E-state index contributed by atoms with van der Waals surface area (Å²) in [6.07, 6.45) is 2.93. The first kappa shape index (κ1) is 16.0. The number of carbonyl (C=O) groups excluding carboxylic acids is 1. The molecule has 1 aromatic rings. The van der Waals surface area contributed by atoms with Crippen LogP contribution in [0.2, 0.25) is 0 Å².